The molecule has 1 N–H and O–H groups in total. The molecule has 0 saturated carbocycles. The van der Waals surface area contributed by atoms with Crippen LogP contribution in [0.15, 0.2) is 42.7 Å². The number of nitrogens with zero attached hydrogens (tertiary/aromatic N) is 3. The second-order valence-corrected chi connectivity index (χ2v) is 5.95. The van der Waals surface area contributed by atoms with Crippen LogP contribution in [0.25, 0.3) is 5.65 Å². The Kier molecular flexibility index (Phi) is 5.26. The molecule has 0 bridgehead atoms. The Morgan fingerprint density at radius 2 is 2.00 bits per heavy atom. The Balaban J connectivity index is 1.56. The van der Waals surface area contributed by atoms with Crippen LogP contribution in [-0.2, 0) is 11.2 Å². The van der Waals surface area contributed by atoms with Gasteiger partial charge in [0.15, 0.2) is 5.65 Å². The molecule has 0 saturated heterocycles. The van der Waals surface area contributed by atoms with Crippen LogP contribution in [-0.4, -0.2) is 40.1 Å². The first-order chi connectivity index (χ1) is 12.6. The third-order valence-corrected chi connectivity index (χ3v) is 3.99. The van der Waals surface area contributed by atoms with Gasteiger partial charge in [0.1, 0.15) is 0 Å². The minimum atomic E-state index is -0.523. The number of methoxy groups -OCH3 is 1. The number of ether oxygens (including phenoxy) is 1. The van der Waals surface area contributed by atoms with Gasteiger partial charge in [0.25, 0.3) is 5.91 Å². The molecule has 0 fully saturated rings. The molecule has 134 valence electrons. The van der Waals surface area contributed by atoms with Gasteiger partial charge in [-0.15, -0.1) is 0 Å². The van der Waals surface area contributed by atoms with E-state index < -0.39 is 5.97 Å². The van der Waals surface area contributed by atoms with Crippen LogP contribution in [0.3, 0.4) is 0 Å². The number of nitrogens with one attached hydrogen (secondary N) is 1. The molecule has 0 unspecified atom stereocenters. The van der Waals surface area contributed by atoms with Crippen LogP contribution in [0, 0.1) is 6.92 Å². The monoisotopic (exact) mass is 352 g/mol. The highest BCUT2D eigenvalue weighted by Crippen LogP contribution is 2.10. The van der Waals surface area contributed by atoms with Crippen LogP contribution < -0.4 is 5.32 Å². The quantitative estimate of drug-likeness (QED) is 0.543. The fraction of sp³-hybridized carbons (Fsp3) is 0.263. The average Bonchev–Trinajstić information content (AvgIpc) is 3.03. The minimum absolute atomic E-state index is 0.260. The molecule has 2 aromatic heterocycles. The molecular weight excluding hydrogens is 332 g/mol. The average molecular weight is 352 g/mol. The highest BCUT2D eigenvalue weighted by Gasteiger charge is 2.16. The first kappa shape index (κ1) is 17.6. The highest BCUT2D eigenvalue weighted by atomic mass is 16.5. The smallest absolute Gasteiger partial charge is 0.338 e. The zero-order chi connectivity index (χ0) is 18.5. The van der Waals surface area contributed by atoms with E-state index in [1.807, 2.05) is 25.4 Å². The van der Waals surface area contributed by atoms with Gasteiger partial charge in [0.05, 0.1) is 23.9 Å². The molecule has 7 nitrogen and oxygen atoms in total. The Labute approximate surface area is 151 Å². The van der Waals surface area contributed by atoms with Crippen molar-refractivity contribution >= 4 is 17.5 Å². The van der Waals surface area contributed by atoms with Crippen molar-refractivity contribution in [2.75, 3.05) is 13.7 Å². The highest BCUT2D eigenvalue weighted by molar-refractivity contribution is 6.05. The summed E-state index contributed by atoms with van der Waals surface area (Å²) >= 11 is 0. The van der Waals surface area contributed by atoms with E-state index in [0.29, 0.717) is 12.1 Å². The molecule has 2 heterocycles. The van der Waals surface area contributed by atoms with Crippen LogP contribution in [0.2, 0.25) is 0 Å². The Morgan fingerprint density at radius 3 is 2.77 bits per heavy atom. The number of benzene rings is 1. The van der Waals surface area contributed by atoms with E-state index in [1.54, 1.807) is 28.8 Å². The number of amides is 1. The van der Waals surface area contributed by atoms with Crippen molar-refractivity contribution in [1.29, 1.82) is 0 Å². The van der Waals surface area contributed by atoms with Gasteiger partial charge in [-0.2, -0.15) is 5.10 Å². The fourth-order valence-electron chi connectivity index (χ4n) is 2.72. The van der Waals surface area contributed by atoms with Gasteiger partial charge in [-0.1, -0.05) is 12.1 Å². The van der Waals surface area contributed by atoms with Crippen molar-refractivity contribution in [3.8, 4) is 0 Å². The van der Waals surface area contributed by atoms with Crippen molar-refractivity contribution in [3.63, 3.8) is 0 Å². The zero-order valence-electron chi connectivity index (χ0n) is 14.7. The lowest BCUT2D eigenvalue weighted by Gasteiger charge is -2.09. The minimum Gasteiger partial charge on any atom is -0.465 e. The lowest BCUT2D eigenvalue weighted by Crippen LogP contribution is -2.26. The van der Waals surface area contributed by atoms with Gasteiger partial charge in [0.2, 0.25) is 0 Å². The predicted molar refractivity (Wildman–Crippen MR) is 96.2 cm³/mol. The number of hydrogen-bond acceptors (Lipinski definition) is 5. The van der Waals surface area contributed by atoms with E-state index in [1.165, 1.54) is 7.11 Å². The van der Waals surface area contributed by atoms with Crippen molar-refractivity contribution < 1.29 is 14.3 Å². The van der Waals surface area contributed by atoms with E-state index in [-0.39, 0.29) is 11.5 Å². The van der Waals surface area contributed by atoms with Crippen LogP contribution >= 0.6 is 0 Å². The molecule has 0 atom stereocenters. The lowest BCUT2D eigenvalue weighted by atomic mass is 10.1. The number of carbonyl (C=O) groups excluding carboxylic acids is 2. The van der Waals surface area contributed by atoms with Gasteiger partial charge < -0.3 is 10.1 Å². The number of aromatic nitrogens is 3. The molecule has 3 rings (SSSR count). The molecule has 0 aliphatic rings. The summed E-state index contributed by atoms with van der Waals surface area (Å²) in [6.07, 6.45) is 5.29. The van der Waals surface area contributed by atoms with Crippen LogP contribution in [0.4, 0.5) is 0 Å². The first-order valence-electron chi connectivity index (χ1n) is 8.35. The van der Waals surface area contributed by atoms with E-state index in [4.69, 9.17) is 4.74 Å². The van der Waals surface area contributed by atoms with Crippen molar-refractivity contribution in [2.24, 2.45) is 0 Å². The van der Waals surface area contributed by atoms with Crippen molar-refractivity contribution in [2.45, 2.75) is 19.8 Å². The van der Waals surface area contributed by atoms with Gasteiger partial charge in [0, 0.05) is 25.0 Å². The van der Waals surface area contributed by atoms with E-state index >= 15 is 0 Å². The second kappa shape index (κ2) is 7.77. The summed E-state index contributed by atoms with van der Waals surface area (Å²) in [4.78, 5) is 28.4. The largest absolute Gasteiger partial charge is 0.465 e. The molecule has 7 heteroatoms. The molecule has 0 spiro atoms. The van der Waals surface area contributed by atoms with E-state index in [9.17, 15) is 9.59 Å². The molecule has 26 heavy (non-hydrogen) atoms. The number of rotatable bonds is 6. The number of aryl methyl sites for hydroxylation is 2. The summed E-state index contributed by atoms with van der Waals surface area (Å²) in [5, 5.41) is 7.19. The Morgan fingerprint density at radius 1 is 1.23 bits per heavy atom. The van der Waals surface area contributed by atoms with Crippen LogP contribution in [0.1, 0.15) is 38.4 Å². The summed E-state index contributed by atoms with van der Waals surface area (Å²) in [6.45, 7) is 2.42. The molecule has 3 aromatic rings. The van der Waals surface area contributed by atoms with E-state index in [0.717, 1.165) is 29.7 Å². The van der Waals surface area contributed by atoms with Gasteiger partial charge in [-0.25, -0.2) is 14.3 Å². The van der Waals surface area contributed by atoms with Crippen molar-refractivity contribution in [1.82, 2.24) is 19.9 Å². The van der Waals surface area contributed by atoms with Gasteiger partial charge in [-0.3, -0.25) is 4.79 Å². The topological polar surface area (TPSA) is 85.6 Å². The summed E-state index contributed by atoms with van der Waals surface area (Å²) in [5.74, 6) is -0.813. The number of esters is 1. The molecule has 0 aliphatic carbocycles. The summed E-state index contributed by atoms with van der Waals surface area (Å²) in [6, 6.07) is 8.52. The lowest BCUT2D eigenvalue weighted by molar-refractivity contribution is 0.0596. The molecular formula is C19H20N4O3. The predicted octanol–water partition coefficient (Wildman–Crippen LogP) is 2.19. The Bertz CT molecular complexity index is 949. The Hall–Kier alpha value is -3.22. The molecule has 0 aliphatic heterocycles. The standard InChI is InChI=1S/C19H20N4O3/c1-13-10-17-21-11-14(12-23(17)22-13)6-5-9-20-18(24)15-7-3-4-8-16(15)19(25)26-2/h3-4,7-8,10-12H,5-6,9H2,1-2H3,(H,20,24). The second-order valence-electron chi connectivity index (χ2n) is 5.95. The molecule has 1 aromatic carbocycles. The summed E-state index contributed by atoms with van der Waals surface area (Å²) in [7, 11) is 1.29. The third kappa shape index (κ3) is 3.88. The molecule has 0 radical (unpaired) electrons. The number of fused-ring (bicyclic) bond motifs is 1. The van der Waals surface area contributed by atoms with Crippen LogP contribution in [0.5, 0.6) is 0 Å². The maximum atomic E-state index is 12.3. The zero-order valence-corrected chi connectivity index (χ0v) is 14.7. The van der Waals surface area contributed by atoms with Crippen molar-refractivity contribution in [3.05, 3.63) is 65.1 Å². The number of hydrogen-bond donors (Lipinski definition) is 1. The van der Waals surface area contributed by atoms with E-state index in [2.05, 4.69) is 15.4 Å². The maximum Gasteiger partial charge on any atom is 0.338 e. The van der Waals surface area contributed by atoms with Gasteiger partial charge >= 0.3 is 5.97 Å². The van der Waals surface area contributed by atoms with Gasteiger partial charge in [-0.05, 0) is 37.5 Å². The number of carbonyl (C=O) groups is 2. The first-order valence-corrected chi connectivity index (χ1v) is 8.35. The maximum absolute atomic E-state index is 12.3. The normalized spacial score (nSPS) is 10.7. The summed E-state index contributed by atoms with van der Waals surface area (Å²) < 4.78 is 6.47. The fourth-order valence-corrected chi connectivity index (χ4v) is 2.72. The summed E-state index contributed by atoms with van der Waals surface area (Å²) in [5.41, 5.74) is 3.36. The third-order valence-electron chi connectivity index (χ3n) is 3.99. The molecule has 1 amide bonds. The SMILES string of the molecule is COC(=O)c1ccccc1C(=O)NCCCc1cnc2cc(C)nn2c1.